The molecule has 2 aromatic carbocycles. The summed E-state index contributed by atoms with van der Waals surface area (Å²) in [4.78, 5) is 26.3. The molecule has 4 rings (SSSR count). The van der Waals surface area contributed by atoms with Gasteiger partial charge in [0.1, 0.15) is 10.8 Å². The van der Waals surface area contributed by atoms with Gasteiger partial charge in [-0.2, -0.15) is 0 Å². The van der Waals surface area contributed by atoms with E-state index >= 15 is 0 Å². The Hall–Kier alpha value is -2.97. The number of anilines is 2. The van der Waals surface area contributed by atoms with Crippen molar-refractivity contribution in [3.8, 4) is 5.75 Å². The summed E-state index contributed by atoms with van der Waals surface area (Å²) in [5.74, 6) is 0.226. The van der Waals surface area contributed by atoms with Crippen LogP contribution < -0.4 is 15.0 Å². The first-order valence-corrected chi connectivity index (χ1v) is 10.6. The minimum absolute atomic E-state index is 0.0111. The summed E-state index contributed by atoms with van der Waals surface area (Å²) in [6.07, 6.45) is 0.338. The molecule has 0 saturated carbocycles. The van der Waals surface area contributed by atoms with Crippen LogP contribution in [0.1, 0.15) is 22.9 Å². The van der Waals surface area contributed by atoms with Crippen molar-refractivity contribution in [2.45, 2.75) is 19.3 Å². The van der Waals surface area contributed by atoms with Crippen LogP contribution >= 0.6 is 22.9 Å². The Balaban J connectivity index is 1.36. The van der Waals surface area contributed by atoms with E-state index in [1.165, 1.54) is 11.3 Å². The molecule has 0 bridgehead atoms. The molecule has 1 atom stereocenters. The van der Waals surface area contributed by atoms with Crippen molar-refractivity contribution in [3.63, 3.8) is 0 Å². The second kappa shape index (κ2) is 8.81. The van der Waals surface area contributed by atoms with E-state index < -0.39 is 0 Å². The first kappa shape index (κ1) is 20.3. The minimum Gasteiger partial charge on any atom is -0.484 e. The zero-order chi connectivity index (χ0) is 21.1. The SMILES string of the molecule is Cc1ccc(N2CC(c3nnc(NC(=O)COc4ccccc4)s3)CC2=O)cc1Cl. The normalized spacial score (nSPS) is 16.0. The summed E-state index contributed by atoms with van der Waals surface area (Å²) < 4.78 is 5.42. The largest absolute Gasteiger partial charge is 0.484 e. The van der Waals surface area contributed by atoms with Gasteiger partial charge in [0.25, 0.3) is 5.91 Å². The maximum Gasteiger partial charge on any atom is 0.264 e. The van der Waals surface area contributed by atoms with Crippen LogP contribution in [0.15, 0.2) is 48.5 Å². The molecule has 0 aliphatic carbocycles. The molecule has 0 radical (unpaired) electrons. The van der Waals surface area contributed by atoms with E-state index in [-0.39, 0.29) is 24.3 Å². The summed E-state index contributed by atoms with van der Waals surface area (Å²) in [6.45, 7) is 2.30. The third kappa shape index (κ3) is 4.60. The summed E-state index contributed by atoms with van der Waals surface area (Å²) in [6, 6.07) is 14.7. The topological polar surface area (TPSA) is 84.4 Å². The number of hydrogen-bond acceptors (Lipinski definition) is 6. The lowest BCUT2D eigenvalue weighted by molar-refractivity contribution is -0.118. The number of rotatable bonds is 6. The average Bonchev–Trinajstić information content (AvgIpc) is 3.36. The second-order valence-corrected chi connectivity index (χ2v) is 8.35. The van der Waals surface area contributed by atoms with E-state index in [1.54, 1.807) is 23.1 Å². The second-order valence-electron chi connectivity index (χ2n) is 6.93. The monoisotopic (exact) mass is 442 g/mol. The summed E-state index contributed by atoms with van der Waals surface area (Å²) in [5.41, 5.74) is 1.73. The molecule has 9 heteroatoms. The quantitative estimate of drug-likeness (QED) is 0.622. The van der Waals surface area contributed by atoms with E-state index in [4.69, 9.17) is 16.3 Å². The van der Waals surface area contributed by atoms with E-state index in [9.17, 15) is 9.59 Å². The fourth-order valence-corrected chi connectivity index (χ4v) is 4.17. The Morgan fingerprint density at radius 3 is 2.83 bits per heavy atom. The molecule has 1 saturated heterocycles. The molecule has 2 heterocycles. The van der Waals surface area contributed by atoms with E-state index in [0.29, 0.717) is 33.9 Å². The molecule has 1 unspecified atom stereocenters. The number of amides is 2. The zero-order valence-electron chi connectivity index (χ0n) is 16.2. The van der Waals surface area contributed by atoms with Crippen LogP contribution in [0.25, 0.3) is 0 Å². The third-order valence-electron chi connectivity index (χ3n) is 4.74. The molecule has 1 aliphatic heterocycles. The van der Waals surface area contributed by atoms with E-state index in [0.717, 1.165) is 11.3 Å². The maximum absolute atomic E-state index is 12.5. The summed E-state index contributed by atoms with van der Waals surface area (Å²) >= 11 is 7.47. The van der Waals surface area contributed by atoms with Gasteiger partial charge in [0.05, 0.1) is 0 Å². The van der Waals surface area contributed by atoms with Crippen LogP contribution in [0.3, 0.4) is 0 Å². The maximum atomic E-state index is 12.5. The Labute approximate surface area is 182 Å². The highest BCUT2D eigenvalue weighted by Gasteiger charge is 2.34. The number of nitrogens with one attached hydrogen (secondary N) is 1. The van der Waals surface area contributed by atoms with Crippen molar-refractivity contribution < 1.29 is 14.3 Å². The standard InChI is InChI=1S/C21H19ClN4O3S/c1-13-7-8-15(10-17(13)22)26-11-14(9-19(26)28)20-24-25-21(30-20)23-18(27)12-29-16-5-3-2-4-6-16/h2-8,10,14H,9,11-12H2,1H3,(H,23,25,27). The predicted octanol–water partition coefficient (Wildman–Crippen LogP) is 4.04. The number of nitrogens with zero attached hydrogens (tertiary/aromatic N) is 3. The predicted molar refractivity (Wildman–Crippen MR) is 116 cm³/mol. The van der Waals surface area contributed by atoms with Gasteiger partial charge >= 0.3 is 0 Å². The van der Waals surface area contributed by atoms with E-state index in [2.05, 4.69) is 15.5 Å². The van der Waals surface area contributed by atoms with Crippen LogP contribution in [0.2, 0.25) is 5.02 Å². The Kier molecular flexibility index (Phi) is 5.96. The van der Waals surface area contributed by atoms with Gasteiger partial charge in [0.2, 0.25) is 11.0 Å². The molecular weight excluding hydrogens is 424 g/mol. The lowest BCUT2D eigenvalue weighted by atomic mass is 10.1. The number of benzene rings is 2. The van der Waals surface area contributed by atoms with Gasteiger partial charge < -0.3 is 9.64 Å². The van der Waals surface area contributed by atoms with Crippen molar-refractivity contribution in [2.24, 2.45) is 0 Å². The lowest BCUT2D eigenvalue weighted by Crippen LogP contribution is -2.24. The first-order chi connectivity index (χ1) is 14.5. The van der Waals surface area contributed by atoms with Gasteiger partial charge in [0, 0.05) is 29.6 Å². The average molecular weight is 443 g/mol. The van der Waals surface area contributed by atoms with Gasteiger partial charge in [-0.1, -0.05) is 47.2 Å². The van der Waals surface area contributed by atoms with Crippen LogP contribution in [-0.2, 0) is 9.59 Å². The van der Waals surface area contributed by atoms with Crippen molar-refractivity contribution in [1.29, 1.82) is 0 Å². The number of aryl methyl sites for hydroxylation is 1. The number of carbonyl (C=O) groups excluding carboxylic acids is 2. The van der Waals surface area contributed by atoms with Crippen molar-refractivity contribution in [2.75, 3.05) is 23.4 Å². The van der Waals surface area contributed by atoms with Gasteiger partial charge in [-0.25, -0.2) is 0 Å². The Bertz CT molecular complexity index is 1070. The molecule has 154 valence electrons. The number of aromatic nitrogens is 2. The fraction of sp³-hybridized carbons (Fsp3) is 0.238. The van der Waals surface area contributed by atoms with Crippen molar-refractivity contribution >= 4 is 45.6 Å². The Morgan fingerprint density at radius 1 is 1.27 bits per heavy atom. The number of para-hydroxylation sites is 1. The molecule has 1 fully saturated rings. The molecular formula is C21H19ClN4O3S. The number of halogens is 1. The van der Waals surface area contributed by atoms with Crippen LogP contribution in [0.5, 0.6) is 5.75 Å². The van der Waals surface area contributed by atoms with E-state index in [1.807, 2.05) is 37.3 Å². The highest BCUT2D eigenvalue weighted by molar-refractivity contribution is 7.15. The van der Waals surface area contributed by atoms with Gasteiger partial charge in [-0.05, 0) is 36.8 Å². The smallest absolute Gasteiger partial charge is 0.264 e. The van der Waals surface area contributed by atoms with Gasteiger partial charge in [-0.3, -0.25) is 14.9 Å². The first-order valence-electron chi connectivity index (χ1n) is 9.37. The van der Waals surface area contributed by atoms with Crippen LogP contribution in [0.4, 0.5) is 10.8 Å². The van der Waals surface area contributed by atoms with Gasteiger partial charge in [-0.15, -0.1) is 10.2 Å². The van der Waals surface area contributed by atoms with Crippen LogP contribution in [-0.4, -0.2) is 35.2 Å². The highest BCUT2D eigenvalue weighted by atomic mass is 35.5. The van der Waals surface area contributed by atoms with Crippen molar-refractivity contribution in [1.82, 2.24) is 10.2 Å². The molecule has 1 N–H and O–H groups in total. The Morgan fingerprint density at radius 2 is 2.07 bits per heavy atom. The molecule has 2 amide bonds. The summed E-state index contributed by atoms with van der Waals surface area (Å²) in [5, 5.41) is 12.6. The highest BCUT2D eigenvalue weighted by Crippen LogP contribution is 2.35. The number of hydrogen-bond donors (Lipinski definition) is 1. The molecule has 3 aromatic rings. The number of carbonyl (C=O) groups is 2. The number of ether oxygens (including phenoxy) is 1. The third-order valence-corrected chi connectivity index (χ3v) is 6.15. The molecule has 1 aromatic heterocycles. The van der Waals surface area contributed by atoms with Crippen LogP contribution in [0, 0.1) is 6.92 Å². The van der Waals surface area contributed by atoms with Gasteiger partial charge in [0.15, 0.2) is 6.61 Å². The molecule has 0 spiro atoms. The molecule has 7 nitrogen and oxygen atoms in total. The summed E-state index contributed by atoms with van der Waals surface area (Å²) in [7, 11) is 0. The van der Waals surface area contributed by atoms with Crippen molar-refractivity contribution in [3.05, 3.63) is 64.1 Å². The molecule has 1 aliphatic rings. The zero-order valence-corrected chi connectivity index (χ0v) is 17.7. The lowest BCUT2D eigenvalue weighted by Gasteiger charge is -2.17. The molecule has 30 heavy (non-hydrogen) atoms. The fourth-order valence-electron chi connectivity index (χ4n) is 3.14. The minimum atomic E-state index is -0.319.